The van der Waals surface area contributed by atoms with Crippen LogP contribution in [0.1, 0.15) is 84.3 Å². The molecule has 7 atom stereocenters. The number of imidazole rings is 1. The number of amides is 7. The molecule has 0 saturated carbocycles. The number of carboxylic acids is 2. The zero-order valence-corrected chi connectivity index (χ0v) is 36.1. The summed E-state index contributed by atoms with van der Waals surface area (Å²) >= 11 is 0. The van der Waals surface area contributed by atoms with E-state index in [4.69, 9.17) is 34.4 Å². The zero-order chi connectivity index (χ0) is 48.5. The maximum absolute atomic E-state index is 14.0. The van der Waals surface area contributed by atoms with E-state index < -0.39 is 108 Å². The predicted octanol–water partition coefficient (Wildman–Crippen LogP) is -5.42. The molecular weight excluding hydrogens is 845 g/mol. The highest BCUT2D eigenvalue weighted by Crippen LogP contribution is 2.10. The molecule has 1 aromatic heterocycles. The molecule has 0 aliphatic carbocycles. The summed E-state index contributed by atoms with van der Waals surface area (Å²) in [6.07, 6.45) is 1.44. The molecule has 0 aliphatic heterocycles. The summed E-state index contributed by atoms with van der Waals surface area (Å²) in [4.78, 5) is 130. The van der Waals surface area contributed by atoms with Crippen molar-refractivity contribution >= 4 is 65.2 Å². The maximum Gasteiger partial charge on any atom is 0.326 e. The average Bonchev–Trinajstić information content (AvgIpc) is 3.72. The molecule has 0 aliphatic rings. The number of hydrogen-bond donors (Lipinski definition) is 15. The number of aliphatic imine (C=N–C) groups is 2. The lowest BCUT2D eigenvalue weighted by Crippen LogP contribution is -2.60. The van der Waals surface area contributed by atoms with Gasteiger partial charge in [0, 0.05) is 44.2 Å². The van der Waals surface area contributed by atoms with Gasteiger partial charge < -0.3 is 81.5 Å². The Morgan fingerprint density at radius 1 is 0.625 bits per heavy atom. The van der Waals surface area contributed by atoms with Gasteiger partial charge in [-0.1, -0.05) is 13.8 Å². The number of H-pyrrole nitrogens is 1. The molecule has 0 spiro atoms. The van der Waals surface area contributed by atoms with Crippen LogP contribution in [0.15, 0.2) is 22.5 Å². The Balaban J connectivity index is 3.30. The highest BCUT2D eigenvalue weighted by molar-refractivity contribution is 5.97. The van der Waals surface area contributed by atoms with E-state index in [1.807, 2.05) is 0 Å². The van der Waals surface area contributed by atoms with Gasteiger partial charge in [-0.3, -0.25) is 48.3 Å². The number of primary amides is 1. The van der Waals surface area contributed by atoms with Crippen LogP contribution in [-0.2, 0) is 49.6 Å². The second-order valence-corrected chi connectivity index (χ2v) is 15.2. The molecule has 27 heteroatoms. The van der Waals surface area contributed by atoms with Crippen LogP contribution < -0.4 is 66.3 Å². The number of hydrogen-bond acceptors (Lipinski definition) is 13. The van der Waals surface area contributed by atoms with Crippen LogP contribution in [0.5, 0.6) is 0 Å². The first-order valence-corrected chi connectivity index (χ1v) is 20.4. The van der Waals surface area contributed by atoms with Gasteiger partial charge in [-0.2, -0.15) is 0 Å². The third kappa shape index (κ3) is 22.7. The molecule has 7 amide bonds. The lowest BCUT2D eigenvalue weighted by Gasteiger charge is -2.27. The van der Waals surface area contributed by atoms with Gasteiger partial charge >= 0.3 is 11.9 Å². The lowest BCUT2D eigenvalue weighted by atomic mass is 10.0. The Hall–Kier alpha value is -7.06. The molecule has 27 nitrogen and oxygen atoms in total. The molecule has 358 valence electrons. The molecule has 64 heavy (non-hydrogen) atoms. The van der Waals surface area contributed by atoms with E-state index in [1.54, 1.807) is 13.8 Å². The second kappa shape index (κ2) is 28.5. The molecule has 1 aromatic rings. The van der Waals surface area contributed by atoms with E-state index in [2.05, 4.69) is 51.9 Å². The fourth-order valence-electron chi connectivity index (χ4n) is 5.80. The number of rotatable bonds is 31. The molecule has 0 radical (unpaired) electrons. The SMILES string of the molecule is CC(C)C[C@H](NC(=O)[C@H](Cc1cnc[nH]1)NC(=O)[C@H](C)NC(=O)[C@H](CCCN=C(N)N)NC(=O)[C@@H](N)CCC(N)=O)C(=O)N[C@@H](CCC(=O)O)C(=O)N[C@@H](CCCN=C(N)N)C(=O)O. The number of aliphatic carboxylic acids is 2. The summed E-state index contributed by atoms with van der Waals surface area (Å²) in [6, 6.07) is -9.54. The van der Waals surface area contributed by atoms with Gasteiger partial charge in [-0.25, -0.2) is 9.78 Å². The maximum atomic E-state index is 14.0. The Morgan fingerprint density at radius 3 is 1.62 bits per heavy atom. The number of carbonyl (C=O) groups excluding carboxylic acids is 7. The summed E-state index contributed by atoms with van der Waals surface area (Å²) in [5, 5.41) is 33.9. The first-order valence-electron chi connectivity index (χ1n) is 20.4. The average molecular weight is 909 g/mol. The van der Waals surface area contributed by atoms with Crippen LogP contribution in [-0.4, -0.2) is 141 Å². The number of aromatic amines is 1. The standard InChI is InChI=1S/C37H64N16O11/c1-18(2)14-25(33(61)50-23(9-11-28(55)56)32(60)51-24(35(63)64)7-5-13-46-37(42)43)53-34(62)26(15-20-16-44-17-47-20)52-29(57)19(3)48-31(59)22(6-4-12-45-36(40)41)49-30(58)21(38)8-10-27(39)54/h16-19,21-26H,4-15,38H2,1-3H3,(H2,39,54)(H,44,47)(H,48,59)(H,49,58)(H,50,61)(H,51,60)(H,52,57)(H,53,62)(H,55,56)(H,63,64)(H4,40,41,45)(H4,42,43,46)/t19-,21-,22-,23-,24-,25-,26-/m0/s1. The van der Waals surface area contributed by atoms with Crippen LogP contribution >= 0.6 is 0 Å². The third-order valence-electron chi connectivity index (χ3n) is 9.16. The normalized spacial score (nSPS) is 14.1. The van der Waals surface area contributed by atoms with Gasteiger partial charge in [-0.05, 0) is 57.8 Å². The molecule has 1 heterocycles. The molecule has 21 N–H and O–H groups in total. The Morgan fingerprint density at radius 2 is 1.11 bits per heavy atom. The minimum absolute atomic E-state index is 0.00491. The first-order chi connectivity index (χ1) is 30.0. The number of aromatic nitrogens is 2. The molecule has 0 aromatic carbocycles. The molecule has 0 saturated heterocycles. The van der Waals surface area contributed by atoms with Crippen molar-refractivity contribution in [2.45, 2.75) is 127 Å². The summed E-state index contributed by atoms with van der Waals surface area (Å²) < 4.78 is 0. The smallest absolute Gasteiger partial charge is 0.326 e. The highest BCUT2D eigenvalue weighted by Gasteiger charge is 2.33. The van der Waals surface area contributed by atoms with Crippen LogP contribution in [0.2, 0.25) is 0 Å². The van der Waals surface area contributed by atoms with Crippen LogP contribution in [0.25, 0.3) is 0 Å². The monoisotopic (exact) mass is 908 g/mol. The molecule has 0 unspecified atom stereocenters. The van der Waals surface area contributed by atoms with Crippen molar-refractivity contribution in [3.63, 3.8) is 0 Å². The van der Waals surface area contributed by atoms with Crippen LogP contribution in [0.4, 0.5) is 0 Å². The zero-order valence-electron chi connectivity index (χ0n) is 36.1. The van der Waals surface area contributed by atoms with E-state index >= 15 is 0 Å². The summed E-state index contributed by atoms with van der Waals surface area (Å²) in [7, 11) is 0. The Kier molecular flexibility index (Phi) is 24.5. The van der Waals surface area contributed by atoms with E-state index in [9.17, 15) is 53.4 Å². The largest absolute Gasteiger partial charge is 0.481 e. The van der Waals surface area contributed by atoms with Gasteiger partial charge in [0.05, 0.1) is 12.4 Å². The minimum Gasteiger partial charge on any atom is -0.481 e. The molecule has 1 rings (SSSR count). The second-order valence-electron chi connectivity index (χ2n) is 15.2. The van der Waals surface area contributed by atoms with E-state index in [0.717, 1.165) is 0 Å². The number of carbonyl (C=O) groups is 9. The van der Waals surface area contributed by atoms with E-state index in [1.165, 1.54) is 19.4 Å². The van der Waals surface area contributed by atoms with Gasteiger partial charge in [0.1, 0.15) is 36.3 Å². The predicted molar refractivity (Wildman–Crippen MR) is 230 cm³/mol. The lowest BCUT2D eigenvalue weighted by molar-refractivity contribution is -0.143. The van der Waals surface area contributed by atoms with Gasteiger partial charge in [0.25, 0.3) is 0 Å². The van der Waals surface area contributed by atoms with Crippen molar-refractivity contribution in [1.29, 1.82) is 0 Å². The number of nitrogens with one attached hydrogen (secondary N) is 7. The molecule has 0 fully saturated rings. The fourth-order valence-corrected chi connectivity index (χ4v) is 5.80. The topological polar surface area (TPSA) is 476 Å². The number of guanidine groups is 2. The summed E-state index contributed by atoms with van der Waals surface area (Å²) in [5.41, 5.74) is 32.8. The van der Waals surface area contributed by atoms with Crippen molar-refractivity contribution in [3.05, 3.63) is 18.2 Å². The van der Waals surface area contributed by atoms with Gasteiger partial charge in [0.15, 0.2) is 11.9 Å². The first kappa shape index (κ1) is 55.0. The Labute approximate surface area is 368 Å². The minimum atomic E-state index is -1.55. The van der Waals surface area contributed by atoms with Crippen molar-refractivity contribution in [2.24, 2.45) is 50.3 Å². The number of nitrogens with two attached hydrogens (primary N) is 6. The highest BCUT2D eigenvalue weighted by atomic mass is 16.4. The summed E-state index contributed by atoms with van der Waals surface area (Å²) in [6.45, 7) is 4.94. The van der Waals surface area contributed by atoms with Gasteiger partial charge in [0.2, 0.25) is 41.4 Å². The van der Waals surface area contributed by atoms with Crippen LogP contribution in [0.3, 0.4) is 0 Å². The summed E-state index contributed by atoms with van der Waals surface area (Å²) in [5.74, 6) is -9.30. The molecule has 0 bridgehead atoms. The van der Waals surface area contributed by atoms with Crippen LogP contribution in [0, 0.1) is 5.92 Å². The van der Waals surface area contributed by atoms with Crippen molar-refractivity contribution in [2.75, 3.05) is 13.1 Å². The van der Waals surface area contributed by atoms with E-state index in [-0.39, 0.29) is 82.3 Å². The van der Waals surface area contributed by atoms with Crippen molar-refractivity contribution < 1.29 is 53.4 Å². The number of carboxylic acid groups (broad SMARTS) is 2. The fraction of sp³-hybridized carbons (Fsp3) is 0.622. The Bertz CT molecular complexity index is 1800. The van der Waals surface area contributed by atoms with Crippen molar-refractivity contribution in [3.8, 4) is 0 Å². The molecular formula is C37H64N16O11. The quantitative estimate of drug-likeness (QED) is 0.0188. The number of nitrogens with zero attached hydrogens (tertiary/aromatic N) is 3. The van der Waals surface area contributed by atoms with Crippen molar-refractivity contribution in [1.82, 2.24) is 41.9 Å². The van der Waals surface area contributed by atoms with E-state index in [0.29, 0.717) is 5.69 Å². The third-order valence-corrected chi connectivity index (χ3v) is 9.16. The van der Waals surface area contributed by atoms with Gasteiger partial charge in [-0.15, -0.1) is 0 Å².